The molecule has 18 heavy (non-hydrogen) atoms. The summed E-state index contributed by atoms with van der Waals surface area (Å²) in [5.74, 6) is 1.53. The van der Waals surface area contributed by atoms with Crippen LogP contribution in [0, 0.1) is 0 Å². The third kappa shape index (κ3) is 2.98. The fraction of sp³-hybridized carbons (Fsp3) is 0.273. The van der Waals surface area contributed by atoms with Gasteiger partial charge in [0.25, 0.3) is 0 Å². The van der Waals surface area contributed by atoms with Gasteiger partial charge in [0.15, 0.2) is 5.16 Å². The molecule has 0 atom stereocenters. The number of halogens is 2. The molecular weight excluding hydrogens is 291 g/mol. The van der Waals surface area contributed by atoms with Crippen molar-refractivity contribution in [2.24, 2.45) is 12.8 Å². The van der Waals surface area contributed by atoms with Crippen LogP contribution >= 0.6 is 35.0 Å². The number of aromatic nitrogens is 3. The molecule has 0 amide bonds. The maximum Gasteiger partial charge on any atom is 0.191 e. The zero-order valence-corrected chi connectivity index (χ0v) is 12.1. The summed E-state index contributed by atoms with van der Waals surface area (Å²) in [6.07, 6.45) is 0. The molecule has 4 nitrogen and oxygen atoms in total. The van der Waals surface area contributed by atoms with Crippen molar-refractivity contribution >= 4 is 35.0 Å². The second kappa shape index (κ2) is 5.93. The van der Waals surface area contributed by atoms with Crippen molar-refractivity contribution in [1.82, 2.24) is 14.8 Å². The van der Waals surface area contributed by atoms with Crippen LogP contribution in [0.25, 0.3) is 0 Å². The van der Waals surface area contributed by atoms with E-state index < -0.39 is 0 Å². The van der Waals surface area contributed by atoms with Gasteiger partial charge in [0.05, 0.1) is 16.6 Å². The highest BCUT2D eigenvalue weighted by molar-refractivity contribution is 7.98. The van der Waals surface area contributed by atoms with E-state index in [0.29, 0.717) is 16.6 Å². The van der Waals surface area contributed by atoms with Crippen LogP contribution in [0.4, 0.5) is 0 Å². The molecule has 0 bridgehead atoms. The minimum atomic E-state index is 0.386. The maximum absolute atomic E-state index is 5.96. The lowest BCUT2D eigenvalue weighted by Crippen LogP contribution is -2.05. The van der Waals surface area contributed by atoms with Gasteiger partial charge in [-0.2, -0.15) is 0 Å². The second-order valence-corrected chi connectivity index (χ2v) is 5.46. The molecule has 0 spiro atoms. The van der Waals surface area contributed by atoms with Gasteiger partial charge in [-0.15, -0.1) is 10.2 Å². The number of hydrogen-bond acceptors (Lipinski definition) is 4. The van der Waals surface area contributed by atoms with Gasteiger partial charge in [0.1, 0.15) is 5.82 Å². The van der Waals surface area contributed by atoms with Crippen LogP contribution in [0.1, 0.15) is 11.4 Å². The Kier molecular flexibility index (Phi) is 4.50. The number of nitrogens with two attached hydrogens (primary N) is 1. The lowest BCUT2D eigenvalue weighted by Gasteiger charge is -2.04. The van der Waals surface area contributed by atoms with Gasteiger partial charge >= 0.3 is 0 Å². The molecule has 0 saturated carbocycles. The summed E-state index contributed by atoms with van der Waals surface area (Å²) in [4.78, 5) is 0. The molecule has 2 N–H and O–H groups in total. The van der Waals surface area contributed by atoms with Crippen molar-refractivity contribution in [2.75, 3.05) is 0 Å². The van der Waals surface area contributed by atoms with E-state index in [1.165, 1.54) is 0 Å². The van der Waals surface area contributed by atoms with E-state index in [4.69, 9.17) is 28.9 Å². The quantitative estimate of drug-likeness (QED) is 0.882. The topological polar surface area (TPSA) is 56.7 Å². The molecule has 2 rings (SSSR count). The third-order valence-corrected chi connectivity index (χ3v) is 4.29. The predicted octanol–water partition coefficient (Wildman–Crippen LogP) is 2.87. The lowest BCUT2D eigenvalue weighted by atomic mass is 10.2. The van der Waals surface area contributed by atoms with Gasteiger partial charge in [0, 0.05) is 12.8 Å². The molecule has 0 saturated heterocycles. The van der Waals surface area contributed by atoms with E-state index >= 15 is 0 Å². The highest BCUT2D eigenvalue weighted by Crippen LogP contribution is 2.26. The van der Waals surface area contributed by atoms with Crippen molar-refractivity contribution in [3.8, 4) is 0 Å². The summed E-state index contributed by atoms with van der Waals surface area (Å²) >= 11 is 13.4. The molecule has 0 unspecified atom stereocenters. The molecule has 0 aliphatic carbocycles. The Morgan fingerprint density at radius 3 is 2.67 bits per heavy atom. The summed E-state index contributed by atoms with van der Waals surface area (Å²) in [5.41, 5.74) is 6.63. The molecule has 1 aromatic carbocycles. The highest BCUT2D eigenvalue weighted by atomic mass is 35.5. The first kappa shape index (κ1) is 13.7. The van der Waals surface area contributed by atoms with Crippen molar-refractivity contribution < 1.29 is 0 Å². The molecule has 0 fully saturated rings. The Morgan fingerprint density at radius 1 is 1.28 bits per heavy atom. The van der Waals surface area contributed by atoms with Crippen LogP contribution in [0.5, 0.6) is 0 Å². The van der Waals surface area contributed by atoms with Gasteiger partial charge in [-0.3, -0.25) is 0 Å². The summed E-state index contributed by atoms with van der Waals surface area (Å²) < 4.78 is 1.89. The summed E-state index contributed by atoms with van der Waals surface area (Å²) in [7, 11) is 1.90. The van der Waals surface area contributed by atoms with Gasteiger partial charge in [-0.1, -0.05) is 41.0 Å². The normalized spacial score (nSPS) is 10.9. The van der Waals surface area contributed by atoms with Gasteiger partial charge in [0.2, 0.25) is 0 Å². The Bertz CT molecular complexity index is 556. The zero-order valence-electron chi connectivity index (χ0n) is 9.73. The average Bonchev–Trinajstić information content (AvgIpc) is 2.72. The van der Waals surface area contributed by atoms with Crippen LogP contribution in [0.3, 0.4) is 0 Å². The van der Waals surface area contributed by atoms with E-state index in [0.717, 1.165) is 22.3 Å². The molecular formula is C11H12Cl2N4S. The number of benzene rings is 1. The Morgan fingerprint density at radius 2 is 2.06 bits per heavy atom. The standard InChI is InChI=1S/C11H12Cl2N4S/c1-17-10(5-14)15-16-11(17)18-6-7-2-3-8(12)9(13)4-7/h2-4H,5-6,14H2,1H3. The fourth-order valence-corrected chi connectivity index (χ4v) is 2.62. The SMILES string of the molecule is Cn1c(CN)nnc1SCc1ccc(Cl)c(Cl)c1. The first-order chi connectivity index (χ1) is 8.61. The molecule has 1 aromatic heterocycles. The summed E-state index contributed by atoms with van der Waals surface area (Å²) in [6, 6.07) is 5.60. The maximum atomic E-state index is 5.96. The molecule has 0 aliphatic heterocycles. The van der Waals surface area contributed by atoms with Crippen LogP contribution < -0.4 is 5.73 Å². The van der Waals surface area contributed by atoms with E-state index in [1.54, 1.807) is 17.8 Å². The largest absolute Gasteiger partial charge is 0.324 e. The van der Waals surface area contributed by atoms with Crippen LogP contribution in [-0.4, -0.2) is 14.8 Å². The molecule has 0 radical (unpaired) electrons. The Hall–Kier alpha value is -0.750. The van der Waals surface area contributed by atoms with Crippen molar-refractivity contribution in [1.29, 1.82) is 0 Å². The van der Waals surface area contributed by atoms with Gasteiger partial charge < -0.3 is 10.3 Å². The second-order valence-electron chi connectivity index (χ2n) is 3.70. The van der Waals surface area contributed by atoms with E-state index in [1.807, 2.05) is 23.7 Å². The minimum Gasteiger partial charge on any atom is -0.324 e. The third-order valence-electron chi connectivity index (χ3n) is 2.46. The van der Waals surface area contributed by atoms with E-state index in [2.05, 4.69) is 10.2 Å². The van der Waals surface area contributed by atoms with Crippen molar-refractivity contribution in [3.05, 3.63) is 39.6 Å². The Labute approximate surface area is 119 Å². The number of hydrogen-bond donors (Lipinski definition) is 1. The van der Waals surface area contributed by atoms with Crippen molar-refractivity contribution in [2.45, 2.75) is 17.5 Å². The van der Waals surface area contributed by atoms with E-state index in [9.17, 15) is 0 Å². The fourth-order valence-electron chi connectivity index (χ4n) is 1.43. The zero-order chi connectivity index (χ0) is 13.1. The first-order valence-electron chi connectivity index (χ1n) is 5.27. The minimum absolute atomic E-state index is 0.386. The number of rotatable bonds is 4. The van der Waals surface area contributed by atoms with Crippen LogP contribution in [-0.2, 0) is 19.3 Å². The number of thioether (sulfide) groups is 1. The number of nitrogens with zero attached hydrogens (tertiary/aromatic N) is 3. The average molecular weight is 303 g/mol. The summed E-state index contributed by atoms with van der Waals surface area (Å²) in [6.45, 7) is 0.386. The highest BCUT2D eigenvalue weighted by Gasteiger charge is 2.08. The molecule has 7 heteroatoms. The van der Waals surface area contributed by atoms with Gasteiger partial charge in [-0.25, -0.2) is 0 Å². The smallest absolute Gasteiger partial charge is 0.191 e. The van der Waals surface area contributed by atoms with Gasteiger partial charge in [-0.05, 0) is 17.7 Å². The molecule has 96 valence electrons. The molecule has 1 heterocycles. The first-order valence-corrected chi connectivity index (χ1v) is 7.01. The van der Waals surface area contributed by atoms with Crippen LogP contribution in [0.2, 0.25) is 10.0 Å². The monoisotopic (exact) mass is 302 g/mol. The van der Waals surface area contributed by atoms with Crippen molar-refractivity contribution in [3.63, 3.8) is 0 Å². The molecule has 0 aliphatic rings. The van der Waals surface area contributed by atoms with Crippen LogP contribution in [0.15, 0.2) is 23.4 Å². The van der Waals surface area contributed by atoms with E-state index in [-0.39, 0.29) is 0 Å². The Balaban J connectivity index is 2.06. The lowest BCUT2D eigenvalue weighted by molar-refractivity contribution is 0.734. The predicted molar refractivity (Wildman–Crippen MR) is 74.9 cm³/mol. The summed E-state index contributed by atoms with van der Waals surface area (Å²) in [5, 5.41) is 10.0. The molecule has 2 aromatic rings.